The number of allylic oxidation sites excluding steroid dienone is 2. The molecule has 1 aromatic heterocycles. The molecule has 1 atom stereocenters. The highest BCUT2D eigenvalue weighted by Gasteiger charge is 2.33. The third kappa shape index (κ3) is 5.82. The average Bonchev–Trinajstić information content (AvgIpc) is 3.05. The zero-order valence-corrected chi connectivity index (χ0v) is 18.1. The van der Waals surface area contributed by atoms with Gasteiger partial charge in [0.25, 0.3) is 11.8 Å². The van der Waals surface area contributed by atoms with Gasteiger partial charge in [-0.25, -0.2) is 0 Å². The van der Waals surface area contributed by atoms with Crippen LogP contribution in [0.5, 0.6) is 0 Å². The van der Waals surface area contributed by atoms with Crippen LogP contribution in [0.25, 0.3) is 0 Å². The maximum Gasteiger partial charge on any atom is 0.274 e. The number of hydrogen-bond acceptors (Lipinski definition) is 5. The lowest BCUT2D eigenvalue weighted by Gasteiger charge is -2.46. The minimum absolute atomic E-state index is 0.172. The Morgan fingerprint density at radius 2 is 1.84 bits per heavy atom. The highest BCUT2D eigenvalue weighted by molar-refractivity contribution is 5.96. The molecule has 1 aliphatic carbocycles. The maximum absolute atomic E-state index is 12.5. The van der Waals surface area contributed by atoms with Gasteiger partial charge in [-0.05, 0) is 43.5 Å². The summed E-state index contributed by atoms with van der Waals surface area (Å²) >= 11 is 0. The summed E-state index contributed by atoms with van der Waals surface area (Å²) in [7, 11) is 0. The van der Waals surface area contributed by atoms with Gasteiger partial charge < -0.3 is 16.4 Å². The molecule has 1 saturated carbocycles. The molecule has 4 N–H and O–H groups in total. The summed E-state index contributed by atoms with van der Waals surface area (Å²) in [4.78, 5) is 31.6. The smallest absolute Gasteiger partial charge is 0.274 e. The predicted octanol–water partition coefficient (Wildman–Crippen LogP) is 2.88. The Bertz CT molecular complexity index is 838. The van der Waals surface area contributed by atoms with Crippen molar-refractivity contribution in [1.29, 1.82) is 0 Å². The Morgan fingerprint density at radius 3 is 2.39 bits per heavy atom. The molecular formula is C24H33N5O2. The molecule has 0 spiro atoms. The fourth-order valence-electron chi connectivity index (χ4n) is 4.26. The monoisotopic (exact) mass is 423 g/mol. The molecule has 2 aliphatic rings. The summed E-state index contributed by atoms with van der Waals surface area (Å²) in [5.74, 6) is -0.602. The minimum atomic E-state index is -0.430. The highest BCUT2D eigenvalue weighted by Crippen LogP contribution is 2.29. The molecule has 1 unspecified atom stereocenters. The number of nitrogens with zero attached hydrogens (tertiary/aromatic N) is 2. The number of hydrogen-bond donors (Lipinski definition) is 3. The van der Waals surface area contributed by atoms with Crippen LogP contribution in [0.1, 0.15) is 65.8 Å². The van der Waals surface area contributed by atoms with E-state index >= 15 is 0 Å². The van der Waals surface area contributed by atoms with Crippen molar-refractivity contribution in [1.82, 2.24) is 20.5 Å². The predicted molar refractivity (Wildman–Crippen MR) is 122 cm³/mol. The van der Waals surface area contributed by atoms with E-state index in [1.807, 2.05) is 0 Å². The number of aromatic nitrogens is 1. The van der Waals surface area contributed by atoms with Crippen LogP contribution in [-0.2, 0) is 0 Å². The first-order valence-electron chi connectivity index (χ1n) is 11.1. The Balaban J connectivity index is 1.51. The van der Waals surface area contributed by atoms with Gasteiger partial charge in [0.05, 0.1) is 17.0 Å². The quantitative estimate of drug-likeness (QED) is 0.441. The van der Waals surface area contributed by atoms with E-state index in [0.717, 1.165) is 13.0 Å². The van der Waals surface area contributed by atoms with Crippen molar-refractivity contribution < 1.29 is 9.59 Å². The van der Waals surface area contributed by atoms with Crippen LogP contribution in [0.2, 0.25) is 0 Å². The third-order valence-corrected chi connectivity index (χ3v) is 6.22. The van der Waals surface area contributed by atoms with Crippen LogP contribution in [-0.4, -0.2) is 46.9 Å². The number of carbonyl (C=O) groups is 2. The first-order valence-corrected chi connectivity index (χ1v) is 11.1. The topological polar surface area (TPSA) is 100 Å². The summed E-state index contributed by atoms with van der Waals surface area (Å²) < 4.78 is 0. The number of likely N-dealkylation sites (tertiary alicyclic amines) is 1. The molecule has 1 aromatic rings. The Morgan fingerprint density at radius 1 is 1.10 bits per heavy atom. The van der Waals surface area contributed by atoms with E-state index in [1.165, 1.54) is 62.9 Å². The van der Waals surface area contributed by atoms with Crippen molar-refractivity contribution in [3.63, 3.8) is 0 Å². The van der Waals surface area contributed by atoms with Crippen LogP contribution >= 0.6 is 0 Å². The van der Waals surface area contributed by atoms with Gasteiger partial charge in [0, 0.05) is 31.4 Å². The van der Waals surface area contributed by atoms with Crippen LogP contribution in [0, 0.1) is 0 Å². The summed E-state index contributed by atoms with van der Waals surface area (Å²) in [6.45, 7) is 8.97. The van der Waals surface area contributed by atoms with E-state index in [-0.39, 0.29) is 11.6 Å². The van der Waals surface area contributed by atoms with Crippen molar-refractivity contribution in [2.75, 3.05) is 13.1 Å². The van der Waals surface area contributed by atoms with E-state index < -0.39 is 5.91 Å². The second kappa shape index (κ2) is 10.9. The molecule has 2 heterocycles. The van der Waals surface area contributed by atoms with Crippen LogP contribution < -0.4 is 16.4 Å². The van der Waals surface area contributed by atoms with E-state index in [4.69, 9.17) is 5.73 Å². The van der Waals surface area contributed by atoms with E-state index in [1.54, 1.807) is 6.07 Å². The number of rotatable bonds is 8. The van der Waals surface area contributed by atoms with Gasteiger partial charge in [0.15, 0.2) is 0 Å². The lowest BCUT2D eigenvalue weighted by molar-refractivity contribution is 0.0334. The summed E-state index contributed by atoms with van der Waals surface area (Å²) in [5, 5.41) is 5.66. The number of amides is 2. The van der Waals surface area contributed by atoms with Gasteiger partial charge in [-0.3, -0.25) is 19.5 Å². The molecule has 0 radical (unpaired) electrons. The molecule has 0 bridgehead atoms. The van der Waals surface area contributed by atoms with Gasteiger partial charge >= 0.3 is 0 Å². The zero-order valence-electron chi connectivity index (χ0n) is 18.1. The third-order valence-electron chi connectivity index (χ3n) is 6.22. The van der Waals surface area contributed by atoms with Crippen molar-refractivity contribution in [3.8, 4) is 0 Å². The van der Waals surface area contributed by atoms with E-state index in [9.17, 15) is 9.59 Å². The fraction of sp³-hybridized carbons (Fsp3) is 0.458. The molecule has 3 rings (SSSR count). The second-order valence-corrected chi connectivity index (χ2v) is 8.20. The van der Waals surface area contributed by atoms with Gasteiger partial charge in [-0.1, -0.05) is 38.8 Å². The standard InChI is InChI=1S/C24H33N5O2/c1-3-20(25)21(4-2)28-24(31)22-12-11-17(15-26-22)23(30)27-16-19-13-14-29(19)18-9-7-5-6-8-10-18/h3-4,11-12,15,18-19H,1-2,5-10,13-14,16,25H2,(H,27,30)(H,28,31)/b21-20-. The number of carbonyl (C=O) groups excluding carboxylic acids is 2. The fourth-order valence-corrected chi connectivity index (χ4v) is 4.26. The van der Waals surface area contributed by atoms with Crippen molar-refractivity contribution in [2.24, 2.45) is 5.73 Å². The van der Waals surface area contributed by atoms with Crippen molar-refractivity contribution in [2.45, 2.75) is 57.0 Å². The molecule has 7 heteroatoms. The van der Waals surface area contributed by atoms with Crippen molar-refractivity contribution >= 4 is 11.8 Å². The average molecular weight is 424 g/mol. The SMILES string of the molecule is C=C/C(N)=C(\C=C)NC(=O)c1ccc(C(=O)NCC2CCN2C2CCCCCC2)cn1. The van der Waals surface area contributed by atoms with Gasteiger partial charge in [-0.2, -0.15) is 0 Å². The van der Waals surface area contributed by atoms with Gasteiger partial charge in [0.1, 0.15) is 5.69 Å². The molecule has 2 fully saturated rings. The first-order chi connectivity index (χ1) is 15.0. The molecule has 2 amide bonds. The van der Waals surface area contributed by atoms with Gasteiger partial charge in [0.2, 0.25) is 0 Å². The largest absolute Gasteiger partial charge is 0.397 e. The second-order valence-electron chi connectivity index (χ2n) is 8.20. The molecule has 1 saturated heterocycles. The molecule has 166 valence electrons. The molecule has 7 nitrogen and oxygen atoms in total. The summed E-state index contributed by atoms with van der Waals surface area (Å²) in [6, 6.07) is 4.22. The van der Waals surface area contributed by atoms with E-state index in [0.29, 0.717) is 35.6 Å². The Kier molecular flexibility index (Phi) is 8.00. The summed E-state index contributed by atoms with van der Waals surface area (Å²) in [6.07, 6.45) is 13.3. The molecular weight excluding hydrogens is 390 g/mol. The Labute approximate surface area is 184 Å². The Hall–Kier alpha value is -2.93. The molecule has 1 aliphatic heterocycles. The van der Waals surface area contributed by atoms with Crippen LogP contribution in [0.3, 0.4) is 0 Å². The normalized spacial score (nSPS) is 20.6. The summed E-state index contributed by atoms with van der Waals surface area (Å²) in [5.41, 5.74) is 7.05. The molecule has 31 heavy (non-hydrogen) atoms. The van der Waals surface area contributed by atoms with Crippen molar-refractivity contribution in [3.05, 3.63) is 66.3 Å². The number of nitrogens with one attached hydrogen (secondary N) is 2. The first kappa shape index (κ1) is 22.7. The van der Waals surface area contributed by atoms with Crippen LogP contribution in [0.4, 0.5) is 0 Å². The number of nitrogens with two attached hydrogens (primary N) is 1. The lowest BCUT2D eigenvalue weighted by Crippen LogP contribution is -2.57. The lowest BCUT2D eigenvalue weighted by atomic mass is 9.95. The minimum Gasteiger partial charge on any atom is -0.397 e. The maximum atomic E-state index is 12.5. The van der Waals surface area contributed by atoms with Gasteiger partial charge in [-0.15, -0.1) is 0 Å². The highest BCUT2D eigenvalue weighted by atomic mass is 16.2. The van der Waals surface area contributed by atoms with E-state index in [2.05, 4.69) is 33.7 Å². The molecule has 0 aromatic carbocycles. The zero-order chi connectivity index (χ0) is 22.2. The van der Waals surface area contributed by atoms with Crippen LogP contribution in [0.15, 0.2) is 55.0 Å². The number of pyridine rings is 1.